The lowest BCUT2D eigenvalue weighted by atomic mass is 10.0. The van der Waals surface area contributed by atoms with E-state index in [1.165, 1.54) is 11.3 Å². The van der Waals surface area contributed by atoms with Gasteiger partial charge in [0.15, 0.2) is 0 Å². The monoisotopic (exact) mass is 262 g/mol. The van der Waals surface area contributed by atoms with E-state index in [1.54, 1.807) is 7.11 Å². The molecule has 1 saturated heterocycles. The number of benzene rings is 1. The quantitative estimate of drug-likeness (QED) is 0.815. The second-order valence-electron chi connectivity index (χ2n) is 6.30. The number of hydrogen-bond acceptors (Lipinski definition) is 3. The van der Waals surface area contributed by atoms with Crippen LogP contribution in [0.15, 0.2) is 18.2 Å². The highest BCUT2D eigenvalue weighted by atomic mass is 16.5. The number of nitrogens with zero attached hydrogens (tertiary/aromatic N) is 2. The minimum Gasteiger partial charge on any atom is -0.497 e. The molecule has 3 nitrogen and oxygen atoms in total. The van der Waals surface area contributed by atoms with E-state index in [9.17, 15) is 0 Å². The summed E-state index contributed by atoms with van der Waals surface area (Å²) in [5.74, 6) is 0.939. The molecular weight excluding hydrogens is 236 g/mol. The Morgan fingerprint density at radius 1 is 1.05 bits per heavy atom. The van der Waals surface area contributed by atoms with Crippen molar-refractivity contribution in [3.63, 3.8) is 0 Å². The van der Waals surface area contributed by atoms with E-state index in [4.69, 9.17) is 4.74 Å². The van der Waals surface area contributed by atoms with Gasteiger partial charge in [0.2, 0.25) is 0 Å². The number of rotatable bonds is 2. The molecule has 1 aromatic rings. The smallest absolute Gasteiger partial charge is 0.119 e. The van der Waals surface area contributed by atoms with Gasteiger partial charge in [-0.2, -0.15) is 0 Å². The number of ether oxygens (including phenoxy) is 1. The second kappa shape index (κ2) is 5.41. The van der Waals surface area contributed by atoms with Crippen molar-refractivity contribution in [1.29, 1.82) is 0 Å². The molecule has 1 aliphatic rings. The maximum Gasteiger partial charge on any atom is 0.119 e. The Bertz CT molecular complexity index is 429. The molecular formula is C16H26N2O. The van der Waals surface area contributed by atoms with E-state index in [2.05, 4.69) is 55.7 Å². The van der Waals surface area contributed by atoms with Crippen molar-refractivity contribution < 1.29 is 4.74 Å². The third-order valence-corrected chi connectivity index (χ3v) is 3.97. The second-order valence-corrected chi connectivity index (χ2v) is 6.30. The Labute approximate surface area is 117 Å². The summed E-state index contributed by atoms with van der Waals surface area (Å²) in [6.45, 7) is 13.5. The highest BCUT2D eigenvalue weighted by Gasteiger charge is 2.26. The molecule has 3 heteroatoms. The molecule has 0 aromatic heterocycles. The van der Waals surface area contributed by atoms with Gasteiger partial charge in [-0.3, -0.25) is 4.90 Å². The molecule has 1 aromatic carbocycles. The molecule has 0 radical (unpaired) electrons. The molecule has 0 amide bonds. The van der Waals surface area contributed by atoms with Crippen LogP contribution in [0, 0.1) is 6.92 Å². The molecule has 106 valence electrons. The topological polar surface area (TPSA) is 15.7 Å². The van der Waals surface area contributed by atoms with Crippen LogP contribution in [0.2, 0.25) is 0 Å². The maximum absolute atomic E-state index is 5.27. The van der Waals surface area contributed by atoms with Crippen LogP contribution < -0.4 is 9.64 Å². The van der Waals surface area contributed by atoms with Crippen molar-refractivity contribution in [2.75, 3.05) is 38.2 Å². The van der Waals surface area contributed by atoms with E-state index in [0.29, 0.717) is 0 Å². The van der Waals surface area contributed by atoms with Crippen molar-refractivity contribution in [2.45, 2.75) is 33.2 Å². The Morgan fingerprint density at radius 3 is 2.16 bits per heavy atom. The molecule has 0 aliphatic carbocycles. The molecule has 1 aliphatic heterocycles. The molecule has 0 N–H and O–H groups in total. The predicted octanol–water partition coefficient (Wildman–Crippen LogP) is 2.92. The first-order valence-corrected chi connectivity index (χ1v) is 7.06. The summed E-state index contributed by atoms with van der Waals surface area (Å²) in [7, 11) is 1.72. The standard InChI is InChI=1S/C16H26N2O/c1-13-12-14(19-5)6-7-15(13)17-8-10-18(11-9-17)16(2,3)4/h6-7,12H,8-11H2,1-5H3. The first-order valence-electron chi connectivity index (χ1n) is 7.06. The summed E-state index contributed by atoms with van der Waals surface area (Å²) < 4.78 is 5.27. The summed E-state index contributed by atoms with van der Waals surface area (Å²) >= 11 is 0. The molecule has 0 bridgehead atoms. The predicted molar refractivity (Wildman–Crippen MR) is 81.3 cm³/mol. The van der Waals surface area contributed by atoms with Crippen molar-refractivity contribution >= 4 is 5.69 Å². The molecule has 0 spiro atoms. The van der Waals surface area contributed by atoms with Crippen molar-refractivity contribution in [2.24, 2.45) is 0 Å². The molecule has 19 heavy (non-hydrogen) atoms. The lowest BCUT2D eigenvalue weighted by Crippen LogP contribution is -2.53. The van der Waals surface area contributed by atoms with Gasteiger partial charge in [-0.1, -0.05) is 0 Å². The van der Waals surface area contributed by atoms with Gasteiger partial charge in [-0.15, -0.1) is 0 Å². The van der Waals surface area contributed by atoms with E-state index in [0.717, 1.165) is 31.9 Å². The number of hydrogen-bond donors (Lipinski definition) is 0. The first kappa shape index (κ1) is 14.2. The minimum absolute atomic E-state index is 0.279. The summed E-state index contributed by atoms with van der Waals surface area (Å²) in [5.41, 5.74) is 2.92. The largest absolute Gasteiger partial charge is 0.497 e. The lowest BCUT2D eigenvalue weighted by molar-refractivity contribution is 0.128. The summed E-state index contributed by atoms with van der Waals surface area (Å²) in [5, 5.41) is 0. The molecule has 0 atom stereocenters. The summed E-state index contributed by atoms with van der Waals surface area (Å²) in [6.07, 6.45) is 0. The Kier molecular flexibility index (Phi) is 4.04. The van der Waals surface area contributed by atoms with Crippen LogP contribution in [0.5, 0.6) is 5.75 Å². The van der Waals surface area contributed by atoms with Crippen molar-refractivity contribution in [3.05, 3.63) is 23.8 Å². The molecule has 1 heterocycles. The van der Waals surface area contributed by atoms with Gasteiger partial charge in [0.05, 0.1) is 7.11 Å². The van der Waals surface area contributed by atoms with Gasteiger partial charge in [-0.25, -0.2) is 0 Å². The number of aryl methyl sites for hydroxylation is 1. The van der Waals surface area contributed by atoms with E-state index in [1.807, 2.05) is 0 Å². The fraction of sp³-hybridized carbons (Fsp3) is 0.625. The SMILES string of the molecule is COc1ccc(N2CCN(C(C)(C)C)CC2)c(C)c1. The third-order valence-electron chi connectivity index (χ3n) is 3.97. The van der Waals surface area contributed by atoms with Crippen LogP contribution in [-0.4, -0.2) is 43.7 Å². The van der Waals surface area contributed by atoms with Crippen LogP contribution in [0.1, 0.15) is 26.3 Å². The molecule has 2 rings (SSSR count). The highest BCUT2D eigenvalue weighted by Crippen LogP contribution is 2.26. The van der Waals surface area contributed by atoms with Crippen LogP contribution in [-0.2, 0) is 0 Å². The Balaban J connectivity index is 2.06. The van der Waals surface area contributed by atoms with Crippen LogP contribution in [0.25, 0.3) is 0 Å². The molecule has 0 unspecified atom stereocenters. The number of piperazine rings is 1. The van der Waals surface area contributed by atoms with E-state index >= 15 is 0 Å². The van der Waals surface area contributed by atoms with Gasteiger partial charge in [0.25, 0.3) is 0 Å². The average molecular weight is 262 g/mol. The van der Waals surface area contributed by atoms with Gasteiger partial charge in [0.1, 0.15) is 5.75 Å². The number of anilines is 1. The van der Waals surface area contributed by atoms with E-state index in [-0.39, 0.29) is 5.54 Å². The zero-order valence-corrected chi connectivity index (χ0v) is 12.9. The fourth-order valence-electron chi connectivity index (χ4n) is 2.73. The minimum atomic E-state index is 0.279. The number of methoxy groups -OCH3 is 1. The zero-order valence-electron chi connectivity index (χ0n) is 12.9. The lowest BCUT2D eigenvalue weighted by Gasteiger charge is -2.43. The van der Waals surface area contributed by atoms with Gasteiger partial charge < -0.3 is 9.64 Å². The van der Waals surface area contributed by atoms with Crippen molar-refractivity contribution in [3.8, 4) is 5.75 Å². The van der Waals surface area contributed by atoms with Crippen LogP contribution in [0.4, 0.5) is 5.69 Å². The normalized spacial score (nSPS) is 17.6. The Hall–Kier alpha value is -1.22. The van der Waals surface area contributed by atoms with Gasteiger partial charge in [0, 0.05) is 37.4 Å². The third kappa shape index (κ3) is 3.21. The van der Waals surface area contributed by atoms with Crippen molar-refractivity contribution in [1.82, 2.24) is 4.90 Å². The fourth-order valence-corrected chi connectivity index (χ4v) is 2.73. The highest BCUT2D eigenvalue weighted by molar-refractivity contribution is 5.56. The zero-order chi connectivity index (χ0) is 14.0. The van der Waals surface area contributed by atoms with Gasteiger partial charge in [-0.05, 0) is 51.5 Å². The van der Waals surface area contributed by atoms with Gasteiger partial charge >= 0.3 is 0 Å². The van der Waals surface area contributed by atoms with Crippen LogP contribution in [0.3, 0.4) is 0 Å². The van der Waals surface area contributed by atoms with Crippen LogP contribution >= 0.6 is 0 Å². The summed E-state index contributed by atoms with van der Waals surface area (Å²) in [6, 6.07) is 6.35. The van der Waals surface area contributed by atoms with E-state index < -0.39 is 0 Å². The molecule has 0 saturated carbocycles. The maximum atomic E-state index is 5.27. The average Bonchev–Trinajstić information content (AvgIpc) is 2.37. The Morgan fingerprint density at radius 2 is 1.68 bits per heavy atom. The molecule has 1 fully saturated rings. The first-order chi connectivity index (χ1) is 8.91. The summed E-state index contributed by atoms with van der Waals surface area (Å²) in [4.78, 5) is 5.04.